The van der Waals surface area contributed by atoms with E-state index < -0.39 is 0 Å². The molecular weight excluding hydrogens is 400 g/mol. The molecule has 0 spiro atoms. The summed E-state index contributed by atoms with van der Waals surface area (Å²) in [6, 6.07) is 15.4. The van der Waals surface area contributed by atoms with Gasteiger partial charge >= 0.3 is 0 Å². The summed E-state index contributed by atoms with van der Waals surface area (Å²) in [6.45, 7) is 1.48. The lowest BCUT2D eigenvalue weighted by Crippen LogP contribution is -2.41. The van der Waals surface area contributed by atoms with Crippen LogP contribution in [0.25, 0.3) is 21.7 Å². The van der Waals surface area contributed by atoms with Gasteiger partial charge in [0, 0.05) is 24.6 Å². The number of carbonyl (C=O) groups is 1. The minimum absolute atomic E-state index is 0.00166. The summed E-state index contributed by atoms with van der Waals surface area (Å²) < 4.78 is 12.1. The number of hydrogen-bond acceptors (Lipinski definition) is 7. The van der Waals surface area contributed by atoms with E-state index >= 15 is 0 Å². The quantitative estimate of drug-likeness (QED) is 0.483. The number of fused-ring (bicyclic) bond motifs is 1. The molecule has 3 heterocycles. The van der Waals surface area contributed by atoms with Crippen LogP contribution in [0.2, 0.25) is 0 Å². The number of rotatable bonds is 5. The molecule has 1 amide bonds. The summed E-state index contributed by atoms with van der Waals surface area (Å²) in [5, 5.41) is 8.66. The van der Waals surface area contributed by atoms with Crippen molar-refractivity contribution < 1.29 is 13.9 Å². The molecule has 0 radical (unpaired) electrons. The predicted molar refractivity (Wildman–Crippen MR) is 113 cm³/mol. The van der Waals surface area contributed by atoms with Crippen LogP contribution >= 0.6 is 11.3 Å². The lowest BCUT2D eigenvalue weighted by atomic mass is 9.99. The Labute approximate surface area is 177 Å². The average Bonchev–Trinajstić information content (AvgIpc) is 3.48. The summed E-state index contributed by atoms with van der Waals surface area (Å²) in [6.07, 6.45) is 3.32. The van der Waals surface area contributed by atoms with Crippen LogP contribution in [0.1, 0.15) is 23.8 Å². The first kappa shape index (κ1) is 18.7. The number of likely N-dealkylation sites (tertiary alicyclic amines) is 1. The minimum atomic E-state index is 0.00166. The van der Waals surface area contributed by atoms with Crippen molar-refractivity contribution in [1.82, 2.24) is 20.1 Å². The van der Waals surface area contributed by atoms with E-state index in [4.69, 9.17) is 14.1 Å². The zero-order valence-electron chi connectivity index (χ0n) is 16.2. The van der Waals surface area contributed by atoms with Crippen LogP contribution in [0.15, 0.2) is 59.3 Å². The van der Waals surface area contributed by atoms with Crippen LogP contribution in [0.5, 0.6) is 5.75 Å². The summed E-state index contributed by atoms with van der Waals surface area (Å²) in [5.74, 6) is 1.37. The monoisotopic (exact) mass is 420 g/mol. The van der Waals surface area contributed by atoms with Gasteiger partial charge in [-0.05, 0) is 49.2 Å². The largest absolute Gasteiger partial charge is 0.484 e. The molecule has 5 rings (SSSR count). The van der Waals surface area contributed by atoms with Gasteiger partial charge in [0.15, 0.2) is 6.61 Å². The van der Waals surface area contributed by atoms with Gasteiger partial charge in [0.1, 0.15) is 5.75 Å². The molecule has 1 fully saturated rings. The maximum atomic E-state index is 12.7. The zero-order valence-corrected chi connectivity index (χ0v) is 17.0. The second kappa shape index (κ2) is 8.23. The number of aromatic nitrogens is 3. The number of para-hydroxylation sites is 1. The highest BCUT2D eigenvalue weighted by Gasteiger charge is 2.27. The molecule has 0 saturated carbocycles. The molecule has 1 aliphatic heterocycles. The highest BCUT2D eigenvalue weighted by atomic mass is 32.1. The zero-order chi connectivity index (χ0) is 20.3. The van der Waals surface area contributed by atoms with Crippen LogP contribution < -0.4 is 4.74 Å². The van der Waals surface area contributed by atoms with Crippen LogP contribution in [0.4, 0.5) is 0 Å². The van der Waals surface area contributed by atoms with Crippen molar-refractivity contribution in [3.8, 4) is 17.2 Å². The second-order valence-corrected chi connectivity index (χ2v) is 8.32. The number of piperidine rings is 1. The molecule has 2 aromatic heterocycles. The summed E-state index contributed by atoms with van der Waals surface area (Å²) in [5.41, 5.74) is 1.84. The van der Waals surface area contributed by atoms with Gasteiger partial charge < -0.3 is 14.1 Å². The Bertz CT molecular complexity index is 1110. The standard InChI is InChI=1S/C22H20N4O3S/c27-20(13-28-17-9-7-15(8-10-17)21-25-23-14-29-21)26-11-3-4-16(12-26)22-24-18-5-1-2-6-19(18)30-22/h1-2,5-10,14,16H,3-4,11-13H2/t16-/m0/s1. The third-order valence-corrected chi connectivity index (χ3v) is 6.46. The van der Waals surface area contributed by atoms with E-state index in [2.05, 4.69) is 16.3 Å². The van der Waals surface area contributed by atoms with Gasteiger partial charge in [-0.15, -0.1) is 21.5 Å². The number of carbonyl (C=O) groups excluding carboxylic acids is 1. The summed E-state index contributed by atoms with van der Waals surface area (Å²) >= 11 is 1.73. The number of nitrogens with zero attached hydrogens (tertiary/aromatic N) is 4. The third kappa shape index (κ3) is 3.91. The van der Waals surface area contributed by atoms with E-state index in [9.17, 15) is 4.79 Å². The van der Waals surface area contributed by atoms with Gasteiger partial charge in [0.05, 0.1) is 15.2 Å². The topological polar surface area (TPSA) is 81.3 Å². The van der Waals surface area contributed by atoms with Crippen molar-refractivity contribution in [2.24, 2.45) is 0 Å². The van der Waals surface area contributed by atoms with Crippen molar-refractivity contribution in [3.63, 3.8) is 0 Å². The van der Waals surface area contributed by atoms with Crippen LogP contribution in [0, 0.1) is 0 Å². The van der Waals surface area contributed by atoms with E-state index in [-0.39, 0.29) is 18.4 Å². The first-order valence-corrected chi connectivity index (χ1v) is 10.7. The summed E-state index contributed by atoms with van der Waals surface area (Å²) in [7, 11) is 0. The number of amides is 1. The molecule has 0 N–H and O–H groups in total. The van der Waals surface area contributed by atoms with E-state index in [1.807, 2.05) is 35.2 Å². The van der Waals surface area contributed by atoms with Gasteiger partial charge in [-0.1, -0.05) is 12.1 Å². The first-order valence-electron chi connectivity index (χ1n) is 9.89. The van der Waals surface area contributed by atoms with E-state index in [0.717, 1.165) is 35.5 Å². The average molecular weight is 420 g/mol. The van der Waals surface area contributed by atoms with E-state index in [0.29, 0.717) is 18.2 Å². The summed E-state index contributed by atoms with van der Waals surface area (Å²) in [4.78, 5) is 19.4. The Morgan fingerprint density at radius 3 is 2.87 bits per heavy atom. The molecule has 1 saturated heterocycles. The fraction of sp³-hybridized carbons (Fsp3) is 0.273. The molecule has 30 heavy (non-hydrogen) atoms. The number of thiazole rings is 1. The molecule has 2 aromatic carbocycles. The third-order valence-electron chi connectivity index (χ3n) is 5.26. The smallest absolute Gasteiger partial charge is 0.260 e. The van der Waals surface area contributed by atoms with Crippen LogP contribution in [-0.2, 0) is 4.79 Å². The normalized spacial score (nSPS) is 16.7. The van der Waals surface area contributed by atoms with Crippen molar-refractivity contribution in [2.75, 3.05) is 19.7 Å². The molecular formula is C22H20N4O3S. The van der Waals surface area contributed by atoms with Gasteiger partial charge in [0.25, 0.3) is 5.91 Å². The van der Waals surface area contributed by atoms with Crippen LogP contribution in [0.3, 0.4) is 0 Å². The van der Waals surface area contributed by atoms with Gasteiger partial charge in [-0.3, -0.25) is 4.79 Å². The highest BCUT2D eigenvalue weighted by molar-refractivity contribution is 7.18. The van der Waals surface area contributed by atoms with Gasteiger partial charge in [-0.25, -0.2) is 4.98 Å². The molecule has 0 bridgehead atoms. The number of hydrogen-bond donors (Lipinski definition) is 0. The van der Waals surface area contributed by atoms with E-state index in [1.54, 1.807) is 23.5 Å². The molecule has 152 valence electrons. The molecule has 1 atom stereocenters. The van der Waals surface area contributed by atoms with Crippen molar-refractivity contribution >= 4 is 27.5 Å². The Morgan fingerprint density at radius 1 is 1.20 bits per heavy atom. The fourth-order valence-electron chi connectivity index (χ4n) is 3.70. The second-order valence-electron chi connectivity index (χ2n) is 7.26. The maximum absolute atomic E-state index is 12.7. The fourth-order valence-corrected chi connectivity index (χ4v) is 4.79. The molecule has 0 aliphatic carbocycles. The van der Waals surface area contributed by atoms with Crippen molar-refractivity contribution in [1.29, 1.82) is 0 Å². The van der Waals surface area contributed by atoms with E-state index in [1.165, 1.54) is 11.1 Å². The minimum Gasteiger partial charge on any atom is -0.484 e. The van der Waals surface area contributed by atoms with Crippen molar-refractivity contribution in [3.05, 3.63) is 59.9 Å². The molecule has 4 aromatic rings. The van der Waals surface area contributed by atoms with Crippen molar-refractivity contribution in [2.45, 2.75) is 18.8 Å². The lowest BCUT2D eigenvalue weighted by Gasteiger charge is -2.31. The molecule has 8 heteroatoms. The highest BCUT2D eigenvalue weighted by Crippen LogP contribution is 2.33. The molecule has 0 unspecified atom stereocenters. The Balaban J connectivity index is 1.19. The first-order chi connectivity index (χ1) is 14.8. The molecule has 7 nitrogen and oxygen atoms in total. The predicted octanol–water partition coefficient (Wildman–Crippen LogP) is 4.13. The Kier molecular flexibility index (Phi) is 5.15. The SMILES string of the molecule is O=C(COc1ccc(-c2nnco2)cc1)N1CCC[C@H](c2nc3ccccc3s2)C1. The Morgan fingerprint density at radius 2 is 2.07 bits per heavy atom. The van der Waals surface area contributed by atoms with Gasteiger partial charge in [0.2, 0.25) is 12.3 Å². The maximum Gasteiger partial charge on any atom is 0.260 e. The van der Waals surface area contributed by atoms with Gasteiger partial charge in [-0.2, -0.15) is 0 Å². The molecule has 1 aliphatic rings. The lowest BCUT2D eigenvalue weighted by molar-refractivity contribution is -0.134. The Hall–Kier alpha value is -3.26. The number of benzene rings is 2. The number of ether oxygens (including phenoxy) is 1. The van der Waals surface area contributed by atoms with Crippen LogP contribution in [-0.4, -0.2) is 45.7 Å².